The molecule has 1 N–H and O–H groups in total. The summed E-state index contributed by atoms with van der Waals surface area (Å²) in [6, 6.07) is 8.09. The van der Waals surface area contributed by atoms with Gasteiger partial charge in [0.2, 0.25) is 0 Å². The average Bonchev–Trinajstić information content (AvgIpc) is 2.27. The van der Waals surface area contributed by atoms with E-state index in [0.717, 1.165) is 30.6 Å². The van der Waals surface area contributed by atoms with Crippen molar-refractivity contribution in [2.75, 3.05) is 0 Å². The van der Waals surface area contributed by atoms with Crippen molar-refractivity contribution in [1.82, 2.24) is 0 Å². The number of rotatable bonds is 3. The quantitative estimate of drug-likeness (QED) is 0.867. The monoisotopic (exact) mass is 234 g/mol. The molecule has 0 saturated carbocycles. The molecule has 2 rings (SSSR count). The highest BCUT2D eigenvalue weighted by Crippen LogP contribution is 2.42. The van der Waals surface area contributed by atoms with Crippen LogP contribution in [-0.2, 0) is 0 Å². The fourth-order valence-corrected chi connectivity index (χ4v) is 2.70. The normalized spacial score (nSPS) is 23.6. The zero-order valence-electron chi connectivity index (χ0n) is 10.9. The van der Waals surface area contributed by atoms with Crippen LogP contribution in [0, 0.1) is 0 Å². The van der Waals surface area contributed by atoms with Gasteiger partial charge in [0.05, 0.1) is 6.10 Å². The number of hydrogen-bond acceptors (Lipinski definition) is 2. The summed E-state index contributed by atoms with van der Waals surface area (Å²) in [6.07, 6.45) is 2.49. The molecule has 94 valence electrons. The fraction of sp³-hybridized carbons (Fsp3) is 0.600. The minimum atomic E-state index is -0.260. The first kappa shape index (κ1) is 12.4. The van der Waals surface area contributed by atoms with Crippen LogP contribution in [0.15, 0.2) is 24.3 Å². The SMILES string of the molecule is CCCC(O)C1CC(C)(C)Oc2ccccc21. The molecule has 1 aromatic carbocycles. The van der Waals surface area contributed by atoms with Gasteiger partial charge in [0.25, 0.3) is 0 Å². The third-order valence-electron chi connectivity index (χ3n) is 3.47. The van der Waals surface area contributed by atoms with Crippen LogP contribution in [0.1, 0.15) is 51.5 Å². The molecule has 1 aromatic rings. The van der Waals surface area contributed by atoms with Crippen molar-refractivity contribution in [1.29, 1.82) is 0 Å². The Labute approximate surface area is 104 Å². The predicted octanol–water partition coefficient (Wildman–Crippen LogP) is 3.49. The van der Waals surface area contributed by atoms with Gasteiger partial charge in [-0.2, -0.15) is 0 Å². The van der Waals surface area contributed by atoms with Crippen LogP contribution in [0.3, 0.4) is 0 Å². The van der Waals surface area contributed by atoms with Crippen molar-refractivity contribution in [2.45, 2.75) is 57.7 Å². The van der Waals surface area contributed by atoms with Crippen molar-refractivity contribution < 1.29 is 9.84 Å². The van der Waals surface area contributed by atoms with Crippen molar-refractivity contribution in [3.8, 4) is 5.75 Å². The lowest BCUT2D eigenvalue weighted by molar-refractivity contribution is 0.0315. The van der Waals surface area contributed by atoms with Gasteiger partial charge in [-0.05, 0) is 38.3 Å². The number of hydrogen-bond donors (Lipinski definition) is 1. The summed E-state index contributed by atoms with van der Waals surface area (Å²) in [5.74, 6) is 1.14. The van der Waals surface area contributed by atoms with Crippen molar-refractivity contribution in [3.05, 3.63) is 29.8 Å². The third-order valence-corrected chi connectivity index (χ3v) is 3.47. The summed E-state index contributed by atoms with van der Waals surface area (Å²) in [5.41, 5.74) is 0.973. The van der Waals surface area contributed by atoms with Gasteiger partial charge >= 0.3 is 0 Å². The molecule has 1 aliphatic rings. The number of aliphatic hydroxyl groups excluding tert-OH is 1. The summed E-state index contributed by atoms with van der Waals surface area (Å²) < 4.78 is 5.97. The van der Waals surface area contributed by atoms with Crippen molar-refractivity contribution >= 4 is 0 Å². The lowest BCUT2D eigenvalue weighted by Crippen LogP contribution is -2.38. The molecule has 1 heterocycles. The fourth-order valence-electron chi connectivity index (χ4n) is 2.70. The van der Waals surface area contributed by atoms with Gasteiger partial charge in [-0.15, -0.1) is 0 Å². The van der Waals surface area contributed by atoms with Gasteiger partial charge in [0.15, 0.2) is 0 Å². The summed E-state index contributed by atoms with van der Waals surface area (Å²) in [4.78, 5) is 0. The van der Waals surface area contributed by atoms with Crippen LogP contribution in [0.4, 0.5) is 0 Å². The summed E-state index contributed by atoms with van der Waals surface area (Å²) in [6.45, 7) is 6.29. The van der Waals surface area contributed by atoms with E-state index in [0.29, 0.717) is 0 Å². The molecule has 2 unspecified atom stereocenters. The predicted molar refractivity (Wildman–Crippen MR) is 69.4 cm³/mol. The van der Waals surface area contributed by atoms with Gasteiger partial charge < -0.3 is 9.84 Å². The van der Waals surface area contributed by atoms with Gasteiger partial charge in [0, 0.05) is 5.92 Å². The first-order valence-corrected chi connectivity index (χ1v) is 6.49. The van der Waals surface area contributed by atoms with E-state index in [1.165, 1.54) is 0 Å². The first-order chi connectivity index (χ1) is 8.03. The van der Waals surface area contributed by atoms with E-state index in [9.17, 15) is 5.11 Å². The molecule has 17 heavy (non-hydrogen) atoms. The van der Waals surface area contributed by atoms with Crippen molar-refractivity contribution in [2.24, 2.45) is 0 Å². The lowest BCUT2D eigenvalue weighted by Gasteiger charge is -2.39. The zero-order valence-corrected chi connectivity index (χ0v) is 10.9. The summed E-state index contributed by atoms with van der Waals surface area (Å²) in [5, 5.41) is 10.3. The minimum Gasteiger partial charge on any atom is -0.488 e. The van der Waals surface area contributed by atoms with E-state index in [4.69, 9.17) is 4.74 Å². The first-order valence-electron chi connectivity index (χ1n) is 6.49. The van der Waals surface area contributed by atoms with Crippen LogP contribution < -0.4 is 4.74 Å². The Hall–Kier alpha value is -1.02. The Bertz CT molecular complexity index is 384. The number of aliphatic hydroxyl groups is 1. The maximum absolute atomic E-state index is 10.3. The maximum Gasteiger partial charge on any atom is 0.123 e. The van der Waals surface area contributed by atoms with Crippen molar-refractivity contribution in [3.63, 3.8) is 0 Å². The second kappa shape index (κ2) is 4.69. The molecule has 0 fully saturated rings. The Balaban J connectivity index is 2.32. The molecule has 0 bridgehead atoms. The van der Waals surface area contributed by atoms with E-state index in [1.807, 2.05) is 18.2 Å². The number of ether oxygens (including phenoxy) is 1. The van der Waals surface area contributed by atoms with Crippen LogP contribution in [-0.4, -0.2) is 16.8 Å². The Kier molecular flexibility index (Phi) is 3.43. The minimum absolute atomic E-state index is 0.187. The second-order valence-electron chi connectivity index (χ2n) is 5.57. The van der Waals surface area contributed by atoms with E-state index in [-0.39, 0.29) is 17.6 Å². The molecule has 0 radical (unpaired) electrons. The highest BCUT2D eigenvalue weighted by Gasteiger charge is 2.36. The van der Waals surface area contributed by atoms with Gasteiger partial charge in [-0.1, -0.05) is 31.5 Å². The molecule has 2 atom stereocenters. The van der Waals surface area contributed by atoms with E-state index in [2.05, 4.69) is 26.8 Å². The highest BCUT2D eigenvalue weighted by molar-refractivity contribution is 5.39. The number of benzene rings is 1. The second-order valence-corrected chi connectivity index (χ2v) is 5.57. The number of fused-ring (bicyclic) bond motifs is 1. The van der Waals surface area contributed by atoms with Crippen LogP contribution >= 0.6 is 0 Å². The Morgan fingerprint density at radius 1 is 1.41 bits per heavy atom. The molecular formula is C15H22O2. The van der Waals surface area contributed by atoms with Gasteiger partial charge in [0.1, 0.15) is 11.4 Å². The molecule has 2 nitrogen and oxygen atoms in total. The molecule has 0 amide bonds. The lowest BCUT2D eigenvalue weighted by atomic mass is 9.80. The smallest absolute Gasteiger partial charge is 0.123 e. The van der Waals surface area contributed by atoms with Gasteiger partial charge in [-0.25, -0.2) is 0 Å². The van der Waals surface area contributed by atoms with E-state index >= 15 is 0 Å². The number of para-hydroxylation sites is 1. The largest absolute Gasteiger partial charge is 0.488 e. The summed E-state index contributed by atoms with van der Waals surface area (Å²) >= 11 is 0. The molecule has 0 spiro atoms. The molecule has 0 aliphatic carbocycles. The molecule has 2 heteroatoms. The van der Waals surface area contributed by atoms with E-state index < -0.39 is 0 Å². The average molecular weight is 234 g/mol. The van der Waals surface area contributed by atoms with Crippen LogP contribution in [0.2, 0.25) is 0 Å². The standard InChI is InChI=1S/C15H22O2/c1-4-7-13(16)12-10-15(2,3)17-14-9-6-5-8-11(12)14/h5-6,8-9,12-13,16H,4,7,10H2,1-3H3. The summed E-state index contributed by atoms with van der Waals surface area (Å²) in [7, 11) is 0. The Morgan fingerprint density at radius 3 is 2.82 bits per heavy atom. The zero-order chi connectivity index (χ0) is 12.5. The molecule has 0 saturated heterocycles. The molecule has 0 aromatic heterocycles. The molecule has 1 aliphatic heterocycles. The van der Waals surface area contributed by atoms with Crippen LogP contribution in [0.5, 0.6) is 5.75 Å². The van der Waals surface area contributed by atoms with Gasteiger partial charge in [-0.3, -0.25) is 0 Å². The molecular weight excluding hydrogens is 212 g/mol. The van der Waals surface area contributed by atoms with Crippen LogP contribution in [0.25, 0.3) is 0 Å². The topological polar surface area (TPSA) is 29.5 Å². The Morgan fingerprint density at radius 2 is 2.12 bits per heavy atom. The third kappa shape index (κ3) is 2.63. The van der Waals surface area contributed by atoms with E-state index in [1.54, 1.807) is 0 Å². The highest BCUT2D eigenvalue weighted by atomic mass is 16.5. The maximum atomic E-state index is 10.3.